The fourth-order valence-corrected chi connectivity index (χ4v) is 2.86. The van der Waals surface area contributed by atoms with Crippen LogP contribution in [0, 0.1) is 19.3 Å². The van der Waals surface area contributed by atoms with Crippen LogP contribution in [-0.2, 0) is 9.59 Å². The third-order valence-corrected chi connectivity index (χ3v) is 4.63. The van der Waals surface area contributed by atoms with E-state index in [1.54, 1.807) is 0 Å². The Morgan fingerprint density at radius 2 is 1.70 bits per heavy atom. The summed E-state index contributed by atoms with van der Waals surface area (Å²) in [5.41, 5.74) is 8.57. The number of amides is 2. The van der Waals surface area contributed by atoms with E-state index in [9.17, 15) is 9.59 Å². The predicted octanol–water partition coefficient (Wildman–Crippen LogP) is 2.96. The lowest BCUT2D eigenvalue weighted by atomic mass is 9.81. The van der Waals surface area contributed by atoms with Crippen molar-refractivity contribution in [2.24, 2.45) is 5.41 Å². The second-order valence-electron chi connectivity index (χ2n) is 5.69. The molecule has 1 aliphatic heterocycles. The highest BCUT2D eigenvalue weighted by molar-refractivity contribution is 6.23. The topological polar surface area (TPSA) is 63.4 Å². The van der Waals surface area contributed by atoms with Crippen molar-refractivity contribution >= 4 is 23.2 Å². The fourth-order valence-electron chi connectivity index (χ4n) is 2.86. The average molecular weight is 274 g/mol. The molecule has 1 aliphatic rings. The number of carbonyl (C=O) groups excluding carboxylic acids is 2. The number of carbonyl (C=O) groups is 2. The van der Waals surface area contributed by atoms with E-state index < -0.39 is 5.41 Å². The van der Waals surface area contributed by atoms with Gasteiger partial charge < -0.3 is 5.73 Å². The van der Waals surface area contributed by atoms with Gasteiger partial charge in [0, 0.05) is 6.42 Å². The minimum absolute atomic E-state index is 0.109. The highest BCUT2D eigenvalue weighted by Gasteiger charge is 2.50. The van der Waals surface area contributed by atoms with Crippen molar-refractivity contribution in [3.8, 4) is 0 Å². The first-order valence-corrected chi connectivity index (χ1v) is 7.10. The van der Waals surface area contributed by atoms with E-state index in [0.29, 0.717) is 24.2 Å². The van der Waals surface area contributed by atoms with Gasteiger partial charge in [-0.15, -0.1) is 0 Å². The minimum atomic E-state index is -0.553. The van der Waals surface area contributed by atoms with Crippen LogP contribution in [0.3, 0.4) is 0 Å². The van der Waals surface area contributed by atoms with E-state index in [-0.39, 0.29) is 18.2 Å². The van der Waals surface area contributed by atoms with Crippen molar-refractivity contribution in [2.45, 2.75) is 47.0 Å². The molecule has 0 saturated carbocycles. The van der Waals surface area contributed by atoms with Gasteiger partial charge in [0.25, 0.3) is 0 Å². The smallest absolute Gasteiger partial charge is 0.240 e. The molecule has 20 heavy (non-hydrogen) atoms. The van der Waals surface area contributed by atoms with Crippen molar-refractivity contribution in [2.75, 3.05) is 10.6 Å². The molecular formula is C16H22N2O2. The zero-order valence-corrected chi connectivity index (χ0v) is 12.6. The maximum atomic E-state index is 12.7. The summed E-state index contributed by atoms with van der Waals surface area (Å²) in [5.74, 6) is -0.254. The molecule has 0 spiro atoms. The Morgan fingerprint density at radius 1 is 1.15 bits per heavy atom. The first kappa shape index (κ1) is 14.6. The average Bonchev–Trinajstić information content (AvgIpc) is 2.66. The monoisotopic (exact) mass is 274 g/mol. The molecular weight excluding hydrogens is 252 g/mol. The molecule has 2 amide bonds. The standard InChI is InChI=1S/C16H22N2O2/c1-5-16(6-2)9-14(19)18(15(16)20)13-8-11(4)10(3)7-12(13)17/h7-8H,5-6,9,17H2,1-4H3. The van der Waals surface area contributed by atoms with Crippen molar-refractivity contribution in [3.63, 3.8) is 0 Å². The number of rotatable bonds is 3. The van der Waals surface area contributed by atoms with Gasteiger partial charge in [-0.25, -0.2) is 4.90 Å². The van der Waals surface area contributed by atoms with Crippen LogP contribution in [0.4, 0.5) is 11.4 Å². The van der Waals surface area contributed by atoms with Crippen LogP contribution in [0.25, 0.3) is 0 Å². The van der Waals surface area contributed by atoms with Crippen LogP contribution in [0.2, 0.25) is 0 Å². The van der Waals surface area contributed by atoms with Crippen LogP contribution in [-0.4, -0.2) is 11.8 Å². The zero-order valence-electron chi connectivity index (χ0n) is 12.6. The SMILES string of the molecule is CCC1(CC)CC(=O)N(c2cc(C)c(C)cc2N)C1=O. The summed E-state index contributed by atoms with van der Waals surface area (Å²) >= 11 is 0. The first-order valence-electron chi connectivity index (χ1n) is 7.10. The zero-order chi connectivity index (χ0) is 15.1. The highest BCUT2D eigenvalue weighted by Crippen LogP contribution is 2.42. The van der Waals surface area contributed by atoms with Gasteiger partial charge >= 0.3 is 0 Å². The number of nitrogens with zero attached hydrogens (tertiary/aromatic N) is 1. The van der Waals surface area contributed by atoms with Gasteiger partial charge in [0.1, 0.15) is 0 Å². The number of imide groups is 1. The third kappa shape index (κ3) is 1.99. The van der Waals surface area contributed by atoms with E-state index in [1.165, 1.54) is 4.90 Å². The first-order chi connectivity index (χ1) is 9.36. The normalized spacial score (nSPS) is 17.9. The summed E-state index contributed by atoms with van der Waals surface area (Å²) in [6.45, 7) is 7.84. The molecule has 1 fully saturated rings. The molecule has 0 atom stereocenters. The summed E-state index contributed by atoms with van der Waals surface area (Å²) in [6.07, 6.45) is 1.63. The third-order valence-electron chi connectivity index (χ3n) is 4.63. The molecule has 0 bridgehead atoms. The number of hydrogen-bond donors (Lipinski definition) is 1. The molecule has 0 aromatic heterocycles. The van der Waals surface area contributed by atoms with Gasteiger partial charge in [-0.3, -0.25) is 9.59 Å². The van der Waals surface area contributed by atoms with Gasteiger partial charge in [-0.05, 0) is 49.9 Å². The number of nitrogen functional groups attached to an aromatic ring is 1. The molecule has 4 nitrogen and oxygen atoms in total. The summed E-state index contributed by atoms with van der Waals surface area (Å²) in [4.78, 5) is 26.3. The molecule has 2 N–H and O–H groups in total. The second kappa shape index (κ2) is 4.93. The maximum Gasteiger partial charge on any atom is 0.240 e. The summed E-state index contributed by atoms with van der Waals surface area (Å²) < 4.78 is 0. The Morgan fingerprint density at radius 3 is 2.20 bits per heavy atom. The number of nitrogens with two attached hydrogens (primary N) is 1. The fraction of sp³-hybridized carbons (Fsp3) is 0.500. The number of hydrogen-bond acceptors (Lipinski definition) is 3. The molecule has 1 saturated heterocycles. The Labute approximate surface area is 119 Å². The van der Waals surface area contributed by atoms with Crippen molar-refractivity contribution in [1.29, 1.82) is 0 Å². The molecule has 108 valence electrons. The minimum Gasteiger partial charge on any atom is -0.397 e. The van der Waals surface area contributed by atoms with Gasteiger partial charge in [0.2, 0.25) is 11.8 Å². The van der Waals surface area contributed by atoms with Crippen molar-refractivity contribution < 1.29 is 9.59 Å². The van der Waals surface area contributed by atoms with E-state index in [4.69, 9.17) is 5.73 Å². The lowest BCUT2D eigenvalue weighted by Gasteiger charge is -2.24. The molecule has 1 aromatic carbocycles. The highest BCUT2D eigenvalue weighted by atomic mass is 16.2. The predicted molar refractivity (Wildman–Crippen MR) is 80.5 cm³/mol. The van der Waals surface area contributed by atoms with Crippen LogP contribution >= 0.6 is 0 Å². The van der Waals surface area contributed by atoms with Crippen molar-refractivity contribution in [3.05, 3.63) is 23.3 Å². The molecule has 4 heteroatoms. The largest absolute Gasteiger partial charge is 0.397 e. The van der Waals surface area contributed by atoms with Crippen LogP contribution in [0.15, 0.2) is 12.1 Å². The second-order valence-corrected chi connectivity index (χ2v) is 5.69. The van der Waals surface area contributed by atoms with Gasteiger partial charge in [-0.1, -0.05) is 13.8 Å². The lowest BCUT2D eigenvalue weighted by Crippen LogP contribution is -2.35. The maximum absolute atomic E-state index is 12.7. The Balaban J connectivity index is 2.51. The summed E-state index contributed by atoms with van der Waals surface area (Å²) in [7, 11) is 0. The Bertz CT molecular complexity index is 574. The van der Waals surface area contributed by atoms with Crippen LogP contribution < -0.4 is 10.6 Å². The lowest BCUT2D eigenvalue weighted by molar-refractivity contribution is -0.126. The summed E-state index contributed by atoms with van der Waals surface area (Å²) in [5, 5.41) is 0. The molecule has 0 aliphatic carbocycles. The van der Waals surface area contributed by atoms with E-state index >= 15 is 0 Å². The van der Waals surface area contributed by atoms with Crippen molar-refractivity contribution in [1.82, 2.24) is 0 Å². The van der Waals surface area contributed by atoms with E-state index in [0.717, 1.165) is 11.1 Å². The molecule has 1 heterocycles. The van der Waals surface area contributed by atoms with Crippen LogP contribution in [0.5, 0.6) is 0 Å². The van der Waals surface area contributed by atoms with Gasteiger partial charge in [0.15, 0.2) is 0 Å². The number of benzene rings is 1. The van der Waals surface area contributed by atoms with Gasteiger partial charge in [0.05, 0.1) is 16.8 Å². The molecule has 0 radical (unpaired) electrons. The molecule has 2 rings (SSSR count). The van der Waals surface area contributed by atoms with Gasteiger partial charge in [-0.2, -0.15) is 0 Å². The molecule has 1 aromatic rings. The quantitative estimate of drug-likeness (QED) is 0.681. The number of anilines is 2. The Hall–Kier alpha value is -1.84. The summed E-state index contributed by atoms with van der Waals surface area (Å²) in [6, 6.07) is 3.66. The van der Waals surface area contributed by atoms with E-state index in [1.807, 2.05) is 39.8 Å². The Kier molecular flexibility index (Phi) is 3.59. The van der Waals surface area contributed by atoms with E-state index in [2.05, 4.69) is 0 Å². The molecule has 0 unspecified atom stereocenters. The number of aryl methyl sites for hydroxylation is 2. The van der Waals surface area contributed by atoms with Crippen LogP contribution in [0.1, 0.15) is 44.2 Å².